The van der Waals surface area contributed by atoms with Crippen molar-refractivity contribution in [1.82, 2.24) is 9.88 Å². The summed E-state index contributed by atoms with van der Waals surface area (Å²) in [6.07, 6.45) is 3.70. The molecule has 7 heteroatoms. The third-order valence-electron chi connectivity index (χ3n) is 6.33. The number of methoxy groups -OCH3 is 2. The summed E-state index contributed by atoms with van der Waals surface area (Å²) >= 11 is 0. The Hall–Kier alpha value is -3.58. The molecule has 2 heterocycles. The number of carbonyl (C=O) groups is 1. The van der Waals surface area contributed by atoms with Crippen molar-refractivity contribution in [3.8, 4) is 33.8 Å². The van der Waals surface area contributed by atoms with Gasteiger partial charge in [-0.1, -0.05) is 12.1 Å². The number of pyridine rings is 1. The van der Waals surface area contributed by atoms with Crippen molar-refractivity contribution in [2.45, 2.75) is 6.92 Å². The van der Waals surface area contributed by atoms with Gasteiger partial charge in [0.15, 0.2) is 0 Å². The van der Waals surface area contributed by atoms with E-state index in [1.54, 1.807) is 12.1 Å². The Kier molecular flexibility index (Phi) is 6.51. The van der Waals surface area contributed by atoms with Crippen molar-refractivity contribution in [1.29, 1.82) is 0 Å². The Morgan fingerprint density at radius 3 is 1.97 bits per heavy atom. The molecule has 1 aromatic heterocycles. The Morgan fingerprint density at radius 1 is 0.909 bits per heavy atom. The van der Waals surface area contributed by atoms with E-state index in [4.69, 9.17) is 15.2 Å². The molecule has 0 radical (unpaired) electrons. The van der Waals surface area contributed by atoms with Gasteiger partial charge in [-0.05, 0) is 54.9 Å². The molecule has 1 fully saturated rings. The fourth-order valence-corrected chi connectivity index (χ4v) is 4.33. The number of carbonyl (C=O) groups excluding carboxylic acids is 1. The average molecular weight is 447 g/mol. The van der Waals surface area contributed by atoms with Gasteiger partial charge in [0.25, 0.3) is 5.91 Å². The topological polar surface area (TPSA) is 80.9 Å². The molecule has 0 saturated carbocycles. The number of hydrogen-bond acceptors (Lipinski definition) is 6. The van der Waals surface area contributed by atoms with Gasteiger partial charge in [-0.15, -0.1) is 0 Å². The summed E-state index contributed by atoms with van der Waals surface area (Å²) in [4.78, 5) is 21.2. The van der Waals surface area contributed by atoms with Gasteiger partial charge in [0.05, 0.1) is 14.2 Å². The molecule has 0 bridgehead atoms. The van der Waals surface area contributed by atoms with E-state index in [2.05, 4.69) is 53.0 Å². The van der Waals surface area contributed by atoms with Crippen molar-refractivity contribution in [2.24, 2.45) is 5.73 Å². The maximum atomic E-state index is 11.9. The van der Waals surface area contributed by atoms with E-state index in [1.165, 1.54) is 19.9 Å². The van der Waals surface area contributed by atoms with Crippen LogP contribution in [0.3, 0.4) is 0 Å². The number of likely N-dealkylation sites (N-methyl/N-ethyl adjacent to an activating group) is 1. The first kappa shape index (κ1) is 22.6. The van der Waals surface area contributed by atoms with Gasteiger partial charge in [0.1, 0.15) is 17.1 Å². The monoisotopic (exact) mass is 446 g/mol. The van der Waals surface area contributed by atoms with E-state index in [1.807, 2.05) is 12.4 Å². The second kappa shape index (κ2) is 9.50. The van der Waals surface area contributed by atoms with E-state index in [0.717, 1.165) is 54.0 Å². The van der Waals surface area contributed by atoms with Gasteiger partial charge in [-0.2, -0.15) is 0 Å². The molecule has 33 heavy (non-hydrogen) atoms. The van der Waals surface area contributed by atoms with Crippen molar-refractivity contribution in [3.05, 3.63) is 59.9 Å². The second-order valence-corrected chi connectivity index (χ2v) is 8.32. The van der Waals surface area contributed by atoms with Crippen molar-refractivity contribution in [2.75, 3.05) is 52.3 Å². The summed E-state index contributed by atoms with van der Waals surface area (Å²) in [5.41, 5.74) is 12.0. The molecule has 7 nitrogen and oxygen atoms in total. The highest BCUT2D eigenvalue weighted by Crippen LogP contribution is 2.38. The first-order chi connectivity index (χ1) is 15.9. The predicted molar refractivity (Wildman–Crippen MR) is 131 cm³/mol. The summed E-state index contributed by atoms with van der Waals surface area (Å²) in [7, 11) is 5.18. The number of ether oxygens (including phenoxy) is 2. The average Bonchev–Trinajstić information content (AvgIpc) is 2.83. The highest BCUT2D eigenvalue weighted by Gasteiger charge is 2.20. The molecular weight excluding hydrogens is 416 g/mol. The van der Waals surface area contributed by atoms with Crippen LogP contribution in [0.15, 0.2) is 48.8 Å². The molecule has 0 atom stereocenters. The number of aromatic nitrogens is 1. The number of rotatable bonds is 6. The first-order valence-electron chi connectivity index (χ1n) is 11.0. The lowest BCUT2D eigenvalue weighted by atomic mass is 9.94. The van der Waals surface area contributed by atoms with E-state index in [-0.39, 0.29) is 5.56 Å². The molecular formula is C26H30N4O3. The lowest BCUT2D eigenvalue weighted by molar-refractivity contribution is 0.0994. The Balaban J connectivity index is 1.69. The third-order valence-corrected chi connectivity index (χ3v) is 6.33. The van der Waals surface area contributed by atoms with E-state index in [9.17, 15) is 4.79 Å². The van der Waals surface area contributed by atoms with Crippen LogP contribution < -0.4 is 20.1 Å². The minimum absolute atomic E-state index is 0.227. The van der Waals surface area contributed by atoms with Gasteiger partial charge in [-0.25, -0.2) is 0 Å². The zero-order valence-corrected chi connectivity index (χ0v) is 19.6. The van der Waals surface area contributed by atoms with E-state index < -0.39 is 5.91 Å². The Morgan fingerprint density at radius 2 is 1.45 bits per heavy atom. The fraction of sp³-hybridized carbons (Fsp3) is 0.308. The standard InChI is InChI=1S/C26H30N4O3/c1-17-21(18-5-7-20(8-6-18)30-11-9-29(2)10-12-30)15-28-16-22(17)19-13-23(32-3)25(26(27)31)24(14-19)33-4/h5-8,13-16H,9-12H2,1-4H3,(H2,27,31). The van der Waals surface area contributed by atoms with Crippen LogP contribution in [0, 0.1) is 6.92 Å². The van der Waals surface area contributed by atoms with Crippen LogP contribution in [0.4, 0.5) is 5.69 Å². The lowest BCUT2D eigenvalue weighted by Crippen LogP contribution is -2.44. The number of hydrogen-bond donors (Lipinski definition) is 1. The van der Waals surface area contributed by atoms with Crippen LogP contribution in [0.1, 0.15) is 15.9 Å². The maximum Gasteiger partial charge on any atom is 0.256 e. The first-order valence-corrected chi connectivity index (χ1v) is 11.0. The van der Waals surface area contributed by atoms with Crippen molar-refractivity contribution < 1.29 is 14.3 Å². The molecule has 172 valence electrons. The van der Waals surface area contributed by atoms with E-state index in [0.29, 0.717) is 11.5 Å². The highest BCUT2D eigenvalue weighted by atomic mass is 16.5. The second-order valence-electron chi connectivity index (χ2n) is 8.32. The number of nitrogens with zero attached hydrogens (tertiary/aromatic N) is 3. The SMILES string of the molecule is COc1cc(-c2cncc(-c3ccc(N4CCN(C)CC4)cc3)c2C)cc(OC)c1C(N)=O. The van der Waals surface area contributed by atoms with Gasteiger partial charge in [-0.3, -0.25) is 9.78 Å². The van der Waals surface area contributed by atoms with Crippen LogP contribution >= 0.6 is 0 Å². The summed E-state index contributed by atoms with van der Waals surface area (Å²) in [5.74, 6) is 0.149. The predicted octanol–water partition coefficient (Wildman–Crippen LogP) is 3.59. The number of piperazine rings is 1. The number of benzene rings is 2. The molecule has 1 aliphatic heterocycles. The van der Waals surface area contributed by atoms with Crippen LogP contribution in [0.2, 0.25) is 0 Å². The summed E-state index contributed by atoms with van der Waals surface area (Å²) in [6.45, 7) is 6.30. The van der Waals surface area contributed by atoms with Gasteiger partial charge in [0.2, 0.25) is 0 Å². The Bertz CT molecular complexity index is 1130. The minimum atomic E-state index is -0.598. The molecule has 0 unspecified atom stereocenters. The van der Waals surface area contributed by atoms with Crippen molar-refractivity contribution >= 4 is 11.6 Å². The summed E-state index contributed by atoms with van der Waals surface area (Å²) < 4.78 is 10.9. The van der Waals surface area contributed by atoms with Gasteiger partial charge in [0, 0.05) is 55.4 Å². The summed E-state index contributed by atoms with van der Waals surface area (Å²) in [6, 6.07) is 12.3. The smallest absolute Gasteiger partial charge is 0.256 e. The molecule has 4 rings (SSSR count). The molecule has 1 aliphatic rings. The van der Waals surface area contributed by atoms with Crippen LogP contribution in [0.25, 0.3) is 22.3 Å². The molecule has 2 N–H and O–H groups in total. The third kappa shape index (κ3) is 4.50. The van der Waals surface area contributed by atoms with Gasteiger partial charge < -0.3 is 25.0 Å². The number of nitrogens with two attached hydrogens (primary N) is 1. The molecule has 0 spiro atoms. The maximum absolute atomic E-state index is 11.9. The Labute approximate surface area is 194 Å². The van der Waals surface area contributed by atoms with E-state index >= 15 is 0 Å². The van der Waals surface area contributed by atoms with Crippen LogP contribution in [-0.4, -0.2) is 63.2 Å². The minimum Gasteiger partial charge on any atom is -0.496 e. The summed E-state index contributed by atoms with van der Waals surface area (Å²) in [5, 5.41) is 0. The zero-order chi connectivity index (χ0) is 23.5. The molecule has 2 aromatic carbocycles. The number of amides is 1. The largest absolute Gasteiger partial charge is 0.496 e. The lowest BCUT2D eigenvalue weighted by Gasteiger charge is -2.34. The highest BCUT2D eigenvalue weighted by molar-refractivity contribution is 5.99. The molecule has 0 aliphatic carbocycles. The normalized spacial score (nSPS) is 14.2. The fourth-order valence-electron chi connectivity index (χ4n) is 4.33. The van der Waals surface area contributed by atoms with Crippen LogP contribution in [-0.2, 0) is 0 Å². The van der Waals surface area contributed by atoms with Gasteiger partial charge >= 0.3 is 0 Å². The van der Waals surface area contributed by atoms with Crippen molar-refractivity contribution in [3.63, 3.8) is 0 Å². The molecule has 3 aromatic rings. The molecule has 1 saturated heterocycles. The van der Waals surface area contributed by atoms with Crippen LogP contribution in [0.5, 0.6) is 11.5 Å². The quantitative estimate of drug-likeness (QED) is 0.623. The zero-order valence-electron chi connectivity index (χ0n) is 19.6. The number of primary amides is 1. The molecule has 1 amide bonds. The number of anilines is 1.